The highest BCUT2D eigenvalue weighted by molar-refractivity contribution is 6.16. The van der Waals surface area contributed by atoms with Gasteiger partial charge in [-0.3, -0.25) is 4.79 Å². The molecule has 0 saturated carbocycles. The molecular weight excluding hydrogens is 382 g/mol. The van der Waals surface area contributed by atoms with Crippen molar-refractivity contribution in [2.45, 2.75) is 39.0 Å². The number of ether oxygens (including phenoxy) is 2. The van der Waals surface area contributed by atoms with Gasteiger partial charge < -0.3 is 14.4 Å². The second-order valence-electron chi connectivity index (χ2n) is 7.44. The standard InChI is InChI=1S/C24H27NO5/c1-16-21(24(28)30-3)20(15-18-9-11-19(12-10-18)23(27)29-2)22(26)25(16)14-13-17-7-5-4-6-8-17/h7,9-12,15H,4-6,8,13-14H2,1-3H3/b20-15-. The molecule has 2 aliphatic rings. The minimum absolute atomic E-state index is 0.207. The van der Waals surface area contributed by atoms with E-state index in [0.29, 0.717) is 28.9 Å². The first-order valence-electron chi connectivity index (χ1n) is 10.2. The summed E-state index contributed by atoms with van der Waals surface area (Å²) in [7, 11) is 2.63. The third-order valence-corrected chi connectivity index (χ3v) is 5.59. The lowest BCUT2D eigenvalue weighted by atomic mass is 9.97. The molecule has 1 aromatic carbocycles. The lowest BCUT2D eigenvalue weighted by Gasteiger charge is -2.20. The third-order valence-electron chi connectivity index (χ3n) is 5.59. The van der Waals surface area contributed by atoms with Gasteiger partial charge in [-0.05, 0) is 62.8 Å². The molecule has 158 valence electrons. The van der Waals surface area contributed by atoms with E-state index in [1.807, 2.05) is 0 Å². The molecule has 0 radical (unpaired) electrons. The lowest BCUT2D eigenvalue weighted by Crippen LogP contribution is -2.26. The smallest absolute Gasteiger partial charge is 0.340 e. The highest BCUT2D eigenvalue weighted by atomic mass is 16.5. The number of rotatable bonds is 6. The zero-order valence-electron chi connectivity index (χ0n) is 17.7. The SMILES string of the molecule is COC(=O)C1=C(C)N(CCC2=CCCCC2)C(=O)/C1=C\c1ccc(C(=O)OC)cc1. The van der Waals surface area contributed by atoms with Crippen LogP contribution in [0.4, 0.5) is 0 Å². The van der Waals surface area contributed by atoms with Crippen molar-refractivity contribution < 1.29 is 23.9 Å². The van der Waals surface area contributed by atoms with Crippen molar-refractivity contribution in [2.24, 2.45) is 0 Å². The van der Waals surface area contributed by atoms with E-state index in [0.717, 1.165) is 19.3 Å². The molecular formula is C24H27NO5. The molecule has 0 fully saturated rings. The van der Waals surface area contributed by atoms with Crippen LogP contribution >= 0.6 is 0 Å². The summed E-state index contributed by atoms with van der Waals surface area (Å²) < 4.78 is 9.65. The van der Waals surface area contributed by atoms with Gasteiger partial charge in [-0.15, -0.1) is 0 Å². The van der Waals surface area contributed by atoms with Crippen LogP contribution in [0, 0.1) is 0 Å². The zero-order valence-corrected chi connectivity index (χ0v) is 17.7. The minimum atomic E-state index is -0.530. The van der Waals surface area contributed by atoms with Gasteiger partial charge in [-0.25, -0.2) is 9.59 Å². The highest BCUT2D eigenvalue weighted by Gasteiger charge is 2.36. The number of allylic oxidation sites excluding steroid dienone is 2. The molecule has 0 N–H and O–H groups in total. The normalized spacial score (nSPS) is 18.0. The van der Waals surface area contributed by atoms with Gasteiger partial charge in [0.1, 0.15) is 0 Å². The first-order chi connectivity index (χ1) is 14.5. The molecule has 1 aliphatic heterocycles. The molecule has 1 amide bonds. The molecule has 30 heavy (non-hydrogen) atoms. The molecule has 0 bridgehead atoms. The second-order valence-corrected chi connectivity index (χ2v) is 7.44. The van der Waals surface area contributed by atoms with Crippen LogP contribution in [-0.2, 0) is 19.1 Å². The molecule has 1 heterocycles. The largest absolute Gasteiger partial charge is 0.465 e. The second kappa shape index (κ2) is 9.57. The van der Waals surface area contributed by atoms with E-state index >= 15 is 0 Å². The average Bonchev–Trinajstić information content (AvgIpc) is 3.01. The Labute approximate surface area is 176 Å². The van der Waals surface area contributed by atoms with Crippen LogP contribution in [0.3, 0.4) is 0 Å². The number of nitrogens with zero attached hydrogens (tertiary/aromatic N) is 1. The Hall–Kier alpha value is -3.15. The third kappa shape index (κ3) is 4.53. The van der Waals surface area contributed by atoms with Gasteiger partial charge >= 0.3 is 11.9 Å². The molecule has 0 atom stereocenters. The Morgan fingerprint density at radius 1 is 1.07 bits per heavy atom. The van der Waals surface area contributed by atoms with E-state index in [2.05, 4.69) is 6.08 Å². The van der Waals surface area contributed by atoms with E-state index in [1.54, 1.807) is 42.2 Å². The van der Waals surface area contributed by atoms with Crippen molar-refractivity contribution in [2.75, 3.05) is 20.8 Å². The fourth-order valence-electron chi connectivity index (χ4n) is 3.88. The number of benzene rings is 1. The van der Waals surface area contributed by atoms with Gasteiger partial charge in [-0.1, -0.05) is 23.8 Å². The molecule has 1 aliphatic carbocycles. The fraction of sp³-hybridized carbons (Fsp3) is 0.375. The zero-order chi connectivity index (χ0) is 21.7. The summed E-state index contributed by atoms with van der Waals surface area (Å²) in [6, 6.07) is 6.68. The maximum atomic E-state index is 13.2. The predicted molar refractivity (Wildman–Crippen MR) is 113 cm³/mol. The number of carbonyl (C=O) groups excluding carboxylic acids is 3. The van der Waals surface area contributed by atoms with E-state index in [9.17, 15) is 14.4 Å². The number of hydrogen-bond donors (Lipinski definition) is 0. The Bertz CT molecular complexity index is 937. The van der Waals surface area contributed by atoms with Crippen molar-refractivity contribution in [3.05, 3.63) is 63.9 Å². The van der Waals surface area contributed by atoms with Gasteiger partial charge in [0.25, 0.3) is 5.91 Å². The summed E-state index contributed by atoms with van der Waals surface area (Å²) in [6.45, 7) is 2.32. The summed E-state index contributed by atoms with van der Waals surface area (Å²) in [5, 5.41) is 0. The summed E-state index contributed by atoms with van der Waals surface area (Å²) in [5.41, 5.74) is 3.70. The molecule has 6 heteroatoms. The minimum Gasteiger partial charge on any atom is -0.465 e. The molecule has 3 rings (SSSR count). The van der Waals surface area contributed by atoms with E-state index in [1.165, 1.54) is 32.6 Å². The Kier molecular flexibility index (Phi) is 6.87. The van der Waals surface area contributed by atoms with Crippen LogP contribution in [0.5, 0.6) is 0 Å². The molecule has 0 aromatic heterocycles. The average molecular weight is 409 g/mol. The van der Waals surface area contributed by atoms with Gasteiger partial charge in [0.05, 0.1) is 30.9 Å². The van der Waals surface area contributed by atoms with Crippen LogP contribution in [0.15, 0.2) is 52.8 Å². The van der Waals surface area contributed by atoms with Crippen LogP contribution in [-0.4, -0.2) is 43.5 Å². The number of esters is 2. The maximum Gasteiger partial charge on any atom is 0.340 e. The van der Waals surface area contributed by atoms with Crippen molar-refractivity contribution in [1.29, 1.82) is 0 Å². The fourth-order valence-corrected chi connectivity index (χ4v) is 3.88. The Balaban J connectivity index is 1.87. The van der Waals surface area contributed by atoms with E-state index in [-0.39, 0.29) is 11.5 Å². The molecule has 0 unspecified atom stereocenters. The topological polar surface area (TPSA) is 72.9 Å². The van der Waals surface area contributed by atoms with Gasteiger partial charge in [0.2, 0.25) is 0 Å². The quantitative estimate of drug-likeness (QED) is 0.403. The highest BCUT2D eigenvalue weighted by Crippen LogP contribution is 2.32. The summed E-state index contributed by atoms with van der Waals surface area (Å²) in [6.07, 6.45) is 9.32. The van der Waals surface area contributed by atoms with Crippen LogP contribution in [0.2, 0.25) is 0 Å². The number of amides is 1. The van der Waals surface area contributed by atoms with Gasteiger partial charge in [0, 0.05) is 12.2 Å². The van der Waals surface area contributed by atoms with Crippen LogP contribution in [0.25, 0.3) is 6.08 Å². The van der Waals surface area contributed by atoms with Gasteiger partial charge in [0.15, 0.2) is 0 Å². The lowest BCUT2D eigenvalue weighted by molar-refractivity contribution is -0.136. The van der Waals surface area contributed by atoms with Gasteiger partial charge in [-0.2, -0.15) is 0 Å². The summed E-state index contributed by atoms with van der Waals surface area (Å²) in [5.74, 6) is -1.17. The summed E-state index contributed by atoms with van der Waals surface area (Å²) >= 11 is 0. The van der Waals surface area contributed by atoms with Crippen molar-refractivity contribution in [3.63, 3.8) is 0 Å². The molecule has 0 saturated heterocycles. The van der Waals surface area contributed by atoms with Crippen molar-refractivity contribution >= 4 is 23.9 Å². The van der Waals surface area contributed by atoms with Crippen LogP contribution < -0.4 is 0 Å². The number of hydrogen-bond acceptors (Lipinski definition) is 5. The Morgan fingerprint density at radius 3 is 2.37 bits per heavy atom. The first-order valence-corrected chi connectivity index (χ1v) is 10.2. The van der Waals surface area contributed by atoms with E-state index < -0.39 is 11.9 Å². The number of methoxy groups -OCH3 is 2. The summed E-state index contributed by atoms with van der Waals surface area (Å²) in [4.78, 5) is 38.9. The van der Waals surface area contributed by atoms with Crippen molar-refractivity contribution in [3.8, 4) is 0 Å². The van der Waals surface area contributed by atoms with E-state index in [4.69, 9.17) is 9.47 Å². The monoisotopic (exact) mass is 409 g/mol. The predicted octanol–water partition coefficient (Wildman–Crippen LogP) is 4.04. The number of carbonyl (C=O) groups is 3. The molecule has 1 aromatic rings. The maximum absolute atomic E-state index is 13.2. The molecule has 0 spiro atoms. The molecule has 6 nitrogen and oxygen atoms in total. The Morgan fingerprint density at radius 2 is 1.77 bits per heavy atom. The first kappa shape index (κ1) is 21.6. The van der Waals surface area contributed by atoms with Crippen molar-refractivity contribution in [1.82, 2.24) is 4.90 Å². The van der Waals surface area contributed by atoms with Crippen LogP contribution in [0.1, 0.15) is 54.9 Å².